The summed E-state index contributed by atoms with van der Waals surface area (Å²) in [7, 11) is 0. The van der Waals surface area contributed by atoms with E-state index in [2.05, 4.69) is 0 Å². The Kier molecular flexibility index (Phi) is 5.12. The van der Waals surface area contributed by atoms with Gasteiger partial charge in [-0.2, -0.15) is 0 Å². The summed E-state index contributed by atoms with van der Waals surface area (Å²) in [5.74, 6) is -1.01. The molecule has 0 aliphatic carbocycles. The molecule has 0 fully saturated rings. The summed E-state index contributed by atoms with van der Waals surface area (Å²) in [6.45, 7) is -0.853. The van der Waals surface area contributed by atoms with Crippen molar-refractivity contribution in [1.82, 2.24) is 0 Å². The highest BCUT2D eigenvalue weighted by molar-refractivity contribution is 6.02. The monoisotopic (exact) mass is 271 g/mol. The molecular weight excluding hydrogens is 254 g/mol. The van der Waals surface area contributed by atoms with Crippen LogP contribution >= 0.6 is 0 Å². The molecule has 7 N–H and O–H groups in total. The highest BCUT2D eigenvalue weighted by Gasteiger charge is 2.45. The first-order chi connectivity index (χ1) is 8.82. The molecular formula is C12H17NO6. The fraction of sp³-hybridized carbons (Fsp3) is 0.417. The molecule has 0 aliphatic heterocycles. The van der Waals surface area contributed by atoms with E-state index in [1.165, 1.54) is 24.3 Å². The zero-order valence-electron chi connectivity index (χ0n) is 10.0. The highest BCUT2D eigenvalue weighted by atomic mass is 16.4. The normalized spacial score (nSPS) is 19.3. The topological polar surface area (TPSA) is 144 Å². The Morgan fingerprint density at radius 2 is 1.74 bits per heavy atom. The quantitative estimate of drug-likeness (QED) is 0.250. The average Bonchev–Trinajstić information content (AvgIpc) is 2.44. The van der Waals surface area contributed by atoms with Gasteiger partial charge >= 0.3 is 0 Å². The third-order valence-corrected chi connectivity index (χ3v) is 2.76. The lowest BCUT2D eigenvalue weighted by Gasteiger charge is -2.32. The molecule has 0 unspecified atom stereocenters. The Balaban J connectivity index is 2.94. The van der Waals surface area contributed by atoms with Crippen molar-refractivity contribution in [3.63, 3.8) is 0 Å². The number of aliphatic hydroxyl groups is 5. The van der Waals surface area contributed by atoms with E-state index < -0.39 is 36.4 Å². The van der Waals surface area contributed by atoms with Gasteiger partial charge in [-0.3, -0.25) is 10.5 Å². The van der Waals surface area contributed by atoms with Crippen molar-refractivity contribution in [2.75, 3.05) is 6.61 Å². The second kappa shape index (κ2) is 6.20. The van der Waals surface area contributed by atoms with Crippen LogP contribution in [0.5, 0.6) is 0 Å². The molecule has 7 heteroatoms. The van der Waals surface area contributed by atoms with Crippen molar-refractivity contribution in [2.45, 2.75) is 24.0 Å². The lowest BCUT2D eigenvalue weighted by atomic mass is 9.91. The number of carbonyl (C=O) groups excluding carboxylic acids is 1. The zero-order chi connectivity index (χ0) is 14.6. The van der Waals surface area contributed by atoms with Crippen LogP contribution in [0.15, 0.2) is 30.3 Å². The molecule has 1 aromatic rings. The van der Waals surface area contributed by atoms with Crippen molar-refractivity contribution in [2.24, 2.45) is 5.73 Å². The standard InChI is InChI=1S/C12H17NO6/c13-12(19,11(18)9(16)8(15)6-14)10(17)7-4-2-1-3-5-7/h1-5,8-9,11,14-16,18-19H,6,13H2/t8-,9-,11+,12-/m1/s1. The molecule has 7 nitrogen and oxygen atoms in total. The van der Waals surface area contributed by atoms with Crippen LogP contribution in [-0.4, -0.2) is 62.0 Å². The van der Waals surface area contributed by atoms with Crippen LogP contribution in [0, 0.1) is 0 Å². The van der Waals surface area contributed by atoms with Crippen LogP contribution in [0.1, 0.15) is 10.4 Å². The van der Waals surface area contributed by atoms with Crippen LogP contribution in [0.25, 0.3) is 0 Å². The lowest BCUT2D eigenvalue weighted by molar-refractivity contribution is -0.139. The third-order valence-electron chi connectivity index (χ3n) is 2.76. The molecule has 0 amide bonds. The van der Waals surface area contributed by atoms with Crippen molar-refractivity contribution in [3.8, 4) is 0 Å². The summed E-state index contributed by atoms with van der Waals surface area (Å²) in [6.07, 6.45) is -5.84. The molecule has 0 heterocycles. The Hall–Kier alpha value is -1.35. The van der Waals surface area contributed by atoms with E-state index in [0.29, 0.717) is 0 Å². The van der Waals surface area contributed by atoms with Crippen LogP contribution in [0.3, 0.4) is 0 Å². The molecule has 0 saturated carbocycles. The first-order valence-electron chi connectivity index (χ1n) is 5.58. The first-order valence-corrected chi connectivity index (χ1v) is 5.58. The number of ketones is 1. The van der Waals surface area contributed by atoms with E-state index in [9.17, 15) is 25.2 Å². The van der Waals surface area contributed by atoms with E-state index in [1.54, 1.807) is 6.07 Å². The number of benzene rings is 1. The average molecular weight is 271 g/mol. The molecule has 0 radical (unpaired) electrons. The molecule has 0 aliphatic rings. The Labute approximate surface area is 109 Å². The maximum absolute atomic E-state index is 11.9. The van der Waals surface area contributed by atoms with Gasteiger partial charge in [-0.25, -0.2) is 0 Å². The SMILES string of the molecule is N[C@@](O)(C(=O)c1ccccc1)[C@@H](O)[C@H](O)[C@H](O)CO. The number of hydrogen-bond acceptors (Lipinski definition) is 7. The maximum Gasteiger partial charge on any atom is 0.212 e. The van der Waals surface area contributed by atoms with Gasteiger partial charge in [0.2, 0.25) is 11.5 Å². The number of Topliss-reactive ketones (excluding diaryl/α,β-unsaturated/α-hetero) is 1. The minimum absolute atomic E-state index is 0.0391. The van der Waals surface area contributed by atoms with E-state index in [0.717, 1.165) is 0 Å². The Morgan fingerprint density at radius 3 is 2.21 bits per heavy atom. The molecule has 0 spiro atoms. The van der Waals surface area contributed by atoms with E-state index in [-0.39, 0.29) is 5.56 Å². The smallest absolute Gasteiger partial charge is 0.212 e. The Morgan fingerprint density at radius 1 is 1.21 bits per heavy atom. The number of hydrogen-bond donors (Lipinski definition) is 6. The largest absolute Gasteiger partial charge is 0.394 e. The van der Waals surface area contributed by atoms with Crippen molar-refractivity contribution < 1.29 is 30.3 Å². The molecule has 19 heavy (non-hydrogen) atoms. The summed E-state index contributed by atoms with van der Waals surface area (Å²) >= 11 is 0. The zero-order valence-corrected chi connectivity index (χ0v) is 10.0. The van der Waals surface area contributed by atoms with Crippen LogP contribution in [0.2, 0.25) is 0 Å². The van der Waals surface area contributed by atoms with Gasteiger partial charge in [-0.15, -0.1) is 0 Å². The van der Waals surface area contributed by atoms with Crippen molar-refractivity contribution in [1.29, 1.82) is 0 Å². The molecule has 0 saturated heterocycles. The van der Waals surface area contributed by atoms with E-state index in [4.69, 9.17) is 10.8 Å². The fourth-order valence-corrected chi connectivity index (χ4v) is 1.53. The minimum atomic E-state index is -2.78. The highest BCUT2D eigenvalue weighted by Crippen LogP contribution is 2.17. The van der Waals surface area contributed by atoms with Gasteiger partial charge in [0.15, 0.2) is 0 Å². The van der Waals surface area contributed by atoms with Gasteiger partial charge < -0.3 is 25.5 Å². The number of aliphatic hydroxyl groups excluding tert-OH is 4. The van der Waals surface area contributed by atoms with Crippen LogP contribution in [-0.2, 0) is 0 Å². The van der Waals surface area contributed by atoms with Gasteiger partial charge in [-0.05, 0) is 0 Å². The second-order valence-electron chi connectivity index (χ2n) is 4.21. The minimum Gasteiger partial charge on any atom is -0.394 e. The van der Waals surface area contributed by atoms with Gasteiger partial charge in [0.05, 0.1) is 6.61 Å². The third kappa shape index (κ3) is 3.35. The predicted octanol–water partition coefficient (Wildman–Crippen LogP) is -2.41. The summed E-state index contributed by atoms with van der Waals surface area (Å²) in [6, 6.07) is 7.47. The molecule has 0 bridgehead atoms. The van der Waals surface area contributed by atoms with Crippen molar-refractivity contribution >= 4 is 5.78 Å². The summed E-state index contributed by atoms with van der Waals surface area (Å²) in [5.41, 5.74) is 2.59. The predicted molar refractivity (Wildman–Crippen MR) is 65.0 cm³/mol. The van der Waals surface area contributed by atoms with E-state index >= 15 is 0 Å². The maximum atomic E-state index is 11.9. The second-order valence-corrected chi connectivity index (χ2v) is 4.21. The number of nitrogens with two attached hydrogens (primary N) is 1. The van der Waals surface area contributed by atoms with Gasteiger partial charge in [-0.1, -0.05) is 30.3 Å². The molecule has 1 rings (SSSR count). The summed E-state index contributed by atoms with van der Waals surface area (Å²) < 4.78 is 0. The van der Waals surface area contributed by atoms with Crippen LogP contribution in [0.4, 0.5) is 0 Å². The Bertz CT molecular complexity index is 421. The van der Waals surface area contributed by atoms with Gasteiger partial charge in [0.25, 0.3) is 0 Å². The lowest BCUT2D eigenvalue weighted by Crippen LogP contribution is -2.63. The summed E-state index contributed by atoms with van der Waals surface area (Å²) in [4.78, 5) is 11.9. The van der Waals surface area contributed by atoms with Gasteiger partial charge in [0, 0.05) is 5.56 Å². The van der Waals surface area contributed by atoms with Crippen molar-refractivity contribution in [3.05, 3.63) is 35.9 Å². The van der Waals surface area contributed by atoms with E-state index in [1.807, 2.05) is 0 Å². The molecule has 0 aromatic heterocycles. The van der Waals surface area contributed by atoms with Crippen LogP contribution < -0.4 is 5.73 Å². The molecule has 106 valence electrons. The first kappa shape index (κ1) is 15.7. The number of rotatable bonds is 6. The molecule has 4 atom stereocenters. The number of carbonyl (C=O) groups is 1. The fourth-order valence-electron chi connectivity index (χ4n) is 1.53. The van der Waals surface area contributed by atoms with Gasteiger partial charge in [0.1, 0.15) is 18.3 Å². The molecule has 1 aromatic carbocycles. The summed E-state index contributed by atoms with van der Waals surface area (Å²) in [5, 5.41) is 46.8.